The van der Waals surface area contributed by atoms with Crippen LogP contribution in [0.2, 0.25) is 5.02 Å². The fourth-order valence-electron chi connectivity index (χ4n) is 5.39. The number of pyridine rings is 1. The van der Waals surface area contributed by atoms with Gasteiger partial charge in [-0.3, -0.25) is 5.10 Å². The number of hydrogen-bond acceptors (Lipinski definition) is 4. The van der Waals surface area contributed by atoms with Crippen molar-refractivity contribution in [3.8, 4) is 17.0 Å². The number of aromatic amines is 1. The lowest BCUT2D eigenvalue weighted by molar-refractivity contribution is 0.376. The average molecular weight is 478 g/mol. The lowest BCUT2D eigenvalue weighted by atomic mass is 9.92. The van der Waals surface area contributed by atoms with Crippen molar-refractivity contribution in [3.05, 3.63) is 52.6 Å². The first-order chi connectivity index (χ1) is 16.5. The monoisotopic (exact) mass is 477 g/mol. The van der Waals surface area contributed by atoms with Crippen molar-refractivity contribution >= 4 is 44.3 Å². The zero-order valence-corrected chi connectivity index (χ0v) is 20.1. The molecule has 4 heterocycles. The van der Waals surface area contributed by atoms with E-state index in [-0.39, 0.29) is 5.52 Å². The number of rotatable bonds is 3. The van der Waals surface area contributed by atoms with E-state index in [4.69, 9.17) is 16.3 Å². The van der Waals surface area contributed by atoms with Gasteiger partial charge in [0.2, 0.25) is 5.88 Å². The number of benzene rings is 2. The van der Waals surface area contributed by atoms with Gasteiger partial charge in [-0.2, -0.15) is 5.10 Å². The molecule has 1 aliphatic heterocycles. The fraction of sp³-hybridized carbons (Fsp3) is 0.308. The van der Waals surface area contributed by atoms with Crippen molar-refractivity contribution in [1.29, 1.82) is 0 Å². The molecule has 0 saturated carbocycles. The van der Waals surface area contributed by atoms with E-state index in [1.165, 1.54) is 0 Å². The summed E-state index contributed by atoms with van der Waals surface area (Å²) in [4.78, 5) is 4.62. The molecule has 34 heavy (non-hydrogen) atoms. The Morgan fingerprint density at radius 1 is 1.12 bits per heavy atom. The largest absolute Gasteiger partial charge is 0.480 e. The molecule has 0 aliphatic carbocycles. The molecule has 5 aromatic rings. The molecule has 8 heteroatoms. The summed E-state index contributed by atoms with van der Waals surface area (Å²) < 4.78 is 24.3. The van der Waals surface area contributed by atoms with E-state index >= 15 is 4.39 Å². The van der Waals surface area contributed by atoms with E-state index in [1.807, 2.05) is 32.0 Å². The number of fused-ring (bicyclic) bond motifs is 4. The summed E-state index contributed by atoms with van der Waals surface area (Å²) in [5.41, 5.74) is 5.09. The Labute approximate surface area is 201 Å². The van der Waals surface area contributed by atoms with Crippen LogP contribution in [0.3, 0.4) is 0 Å². The number of aromatic nitrogens is 4. The molecule has 2 aromatic carbocycles. The van der Waals surface area contributed by atoms with Crippen LogP contribution >= 0.6 is 11.6 Å². The van der Waals surface area contributed by atoms with E-state index in [0.717, 1.165) is 64.4 Å². The molecular formula is C26H25ClFN5O. The normalized spacial score (nSPS) is 15.1. The van der Waals surface area contributed by atoms with Gasteiger partial charge in [0, 0.05) is 34.1 Å². The predicted molar refractivity (Wildman–Crippen MR) is 134 cm³/mol. The van der Waals surface area contributed by atoms with Crippen LogP contribution in [0.15, 0.2) is 30.6 Å². The number of piperidine rings is 1. The minimum atomic E-state index is -0.447. The second kappa shape index (κ2) is 7.96. The van der Waals surface area contributed by atoms with Crippen LogP contribution in [0, 0.1) is 19.7 Å². The summed E-state index contributed by atoms with van der Waals surface area (Å²) >= 11 is 6.87. The highest BCUT2D eigenvalue weighted by Crippen LogP contribution is 2.44. The first-order valence-electron chi connectivity index (χ1n) is 11.5. The molecule has 2 N–H and O–H groups in total. The van der Waals surface area contributed by atoms with E-state index in [2.05, 4.69) is 31.3 Å². The molecule has 0 unspecified atom stereocenters. The molecule has 0 atom stereocenters. The standard InChI is InChI=1S/C26H25ClFN5O/c1-13-10-20-18(12-30-32-20)21(14(13)2)22-19(27)11-17-24(23(22)28)31-26(34-3)16-6-9-33(25(16)17)15-4-7-29-8-5-15/h6,9-12,15,29H,4-5,7-8H2,1-3H3,(H,30,32). The van der Waals surface area contributed by atoms with Gasteiger partial charge in [0.25, 0.3) is 0 Å². The van der Waals surface area contributed by atoms with Crippen molar-refractivity contribution in [1.82, 2.24) is 25.1 Å². The third-order valence-electron chi connectivity index (χ3n) is 7.22. The second-order valence-corrected chi connectivity index (χ2v) is 9.46. The summed E-state index contributed by atoms with van der Waals surface area (Å²) in [5, 5.41) is 13.3. The summed E-state index contributed by atoms with van der Waals surface area (Å²) in [7, 11) is 1.57. The Morgan fingerprint density at radius 2 is 1.91 bits per heavy atom. The van der Waals surface area contributed by atoms with Crippen LogP contribution in [0.25, 0.3) is 43.8 Å². The van der Waals surface area contributed by atoms with E-state index in [9.17, 15) is 0 Å². The molecule has 1 fully saturated rings. The lowest BCUT2D eigenvalue weighted by Crippen LogP contribution is -2.29. The van der Waals surface area contributed by atoms with Crippen LogP contribution < -0.4 is 10.1 Å². The molecule has 0 bridgehead atoms. The molecule has 0 amide bonds. The Kier molecular flexibility index (Phi) is 5.00. The highest BCUT2D eigenvalue weighted by molar-refractivity contribution is 6.35. The number of H-pyrrole nitrogens is 1. The molecule has 1 saturated heterocycles. The van der Waals surface area contributed by atoms with Gasteiger partial charge in [-0.05, 0) is 69.1 Å². The van der Waals surface area contributed by atoms with Crippen molar-refractivity contribution in [3.63, 3.8) is 0 Å². The summed E-state index contributed by atoms with van der Waals surface area (Å²) in [5.74, 6) is -0.0336. The van der Waals surface area contributed by atoms with Gasteiger partial charge in [0.15, 0.2) is 5.82 Å². The Bertz CT molecular complexity index is 1580. The quantitative estimate of drug-likeness (QED) is 0.330. The molecule has 0 radical (unpaired) electrons. The number of halogens is 2. The highest BCUT2D eigenvalue weighted by Gasteiger charge is 2.26. The van der Waals surface area contributed by atoms with E-state index in [0.29, 0.717) is 27.9 Å². The maximum absolute atomic E-state index is 16.4. The van der Waals surface area contributed by atoms with Crippen LogP contribution in [0.1, 0.15) is 30.0 Å². The maximum Gasteiger partial charge on any atom is 0.223 e. The van der Waals surface area contributed by atoms with Crippen LogP contribution in [-0.4, -0.2) is 39.9 Å². The van der Waals surface area contributed by atoms with Crippen LogP contribution in [0.4, 0.5) is 4.39 Å². The van der Waals surface area contributed by atoms with E-state index in [1.54, 1.807) is 13.3 Å². The van der Waals surface area contributed by atoms with Gasteiger partial charge >= 0.3 is 0 Å². The molecule has 6 nitrogen and oxygen atoms in total. The number of ether oxygens (including phenoxy) is 1. The van der Waals surface area contributed by atoms with Crippen molar-refractivity contribution in [2.75, 3.05) is 20.2 Å². The van der Waals surface area contributed by atoms with Crippen molar-refractivity contribution in [2.24, 2.45) is 0 Å². The average Bonchev–Trinajstić information content (AvgIpc) is 3.49. The Balaban J connectivity index is 1.70. The first-order valence-corrected chi connectivity index (χ1v) is 11.9. The third-order valence-corrected chi connectivity index (χ3v) is 7.52. The number of nitrogens with one attached hydrogen (secondary N) is 2. The smallest absolute Gasteiger partial charge is 0.223 e. The second-order valence-electron chi connectivity index (χ2n) is 9.06. The topological polar surface area (TPSA) is 67.8 Å². The van der Waals surface area contributed by atoms with Crippen LogP contribution in [0.5, 0.6) is 5.88 Å². The maximum atomic E-state index is 16.4. The number of nitrogens with zero attached hydrogens (tertiary/aromatic N) is 3. The highest BCUT2D eigenvalue weighted by atomic mass is 35.5. The molecule has 6 rings (SSSR count). The molecule has 3 aromatic heterocycles. The summed E-state index contributed by atoms with van der Waals surface area (Å²) in [6, 6.07) is 6.20. The van der Waals surface area contributed by atoms with Crippen molar-refractivity contribution < 1.29 is 9.13 Å². The van der Waals surface area contributed by atoms with Gasteiger partial charge in [-0.15, -0.1) is 0 Å². The Morgan fingerprint density at radius 3 is 2.68 bits per heavy atom. The third kappa shape index (κ3) is 3.03. The summed E-state index contributed by atoms with van der Waals surface area (Å²) in [6.45, 7) is 5.90. The Hall–Kier alpha value is -3.16. The lowest BCUT2D eigenvalue weighted by Gasteiger charge is -2.25. The van der Waals surface area contributed by atoms with Gasteiger partial charge in [-0.1, -0.05) is 11.6 Å². The molecular weight excluding hydrogens is 453 g/mol. The molecule has 174 valence electrons. The van der Waals surface area contributed by atoms with Gasteiger partial charge in [0.05, 0.1) is 34.7 Å². The summed E-state index contributed by atoms with van der Waals surface area (Å²) in [6.07, 6.45) is 5.79. The fourth-order valence-corrected chi connectivity index (χ4v) is 5.68. The van der Waals surface area contributed by atoms with Gasteiger partial charge in [-0.25, -0.2) is 9.37 Å². The van der Waals surface area contributed by atoms with Crippen molar-refractivity contribution in [2.45, 2.75) is 32.7 Å². The van der Waals surface area contributed by atoms with Gasteiger partial charge < -0.3 is 14.6 Å². The molecule has 0 spiro atoms. The number of hydrogen-bond donors (Lipinski definition) is 2. The minimum Gasteiger partial charge on any atom is -0.480 e. The number of aryl methyl sites for hydroxylation is 1. The van der Waals surface area contributed by atoms with Gasteiger partial charge in [0.1, 0.15) is 5.52 Å². The van der Waals surface area contributed by atoms with E-state index < -0.39 is 5.82 Å². The SMILES string of the molecule is COc1nc2c(F)c(-c3c(C)c(C)cc4[nH]ncc34)c(Cl)cc2c2c1ccn2C1CCNCC1. The molecule has 1 aliphatic rings. The first kappa shape index (κ1) is 21.4. The zero-order valence-electron chi connectivity index (χ0n) is 19.3. The van der Waals surface area contributed by atoms with Crippen LogP contribution in [-0.2, 0) is 0 Å². The minimum absolute atomic E-state index is 0.259. The predicted octanol–water partition coefficient (Wildman–Crippen LogP) is 6.08. The number of methoxy groups -OCH3 is 1. The zero-order chi connectivity index (χ0) is 23.6.